The van der Waals surface area contributed by atoms with Crippen LogP contribution in [0.2, 0.25) is 0 Å². The molecule has 0 aromatic heterocycles. The van der Waals surface area contributed by atoms with Crippen LogP contribution in [-0.2, 0) is 0 Å². The Hall–Kier alpha value is 0.880. The predicted octanol–water partition coefficient (Wildman–Crippen LogP) is 0.747. The topological polar surface area (TPSA) is 40.5 Å². The van der Waals surface area contributed by atoms with E-state index in [1.807, 2.05) is 0 Å². The molecule has 0 bridgehead atoms. The van der Waals surface area contributed by atoms with E-state index in [4.69, 9.17) is 10.2 Å². The SMILES string of the molecule is OCCBr.OCCBr. The summed E-state index contributed by atoms with van der Waals surface area (Å²) in [5, 5.41) is 17.0. The lowest BCUT2D eigenvalue weighted by Gasteiger charge is -1.67. The first-order valence-corrected chi connectivity index (χ1v) is 4.41. The van der Waals surface area contributed by atoms with Crippen LogP contribution in [0.1, 0.15) is 0 Å². The summed E-state index contributed by atoms with van der Waals surface area (Å²) in [5.74, 6) is 0. The number of aliphatic hydroxyl groups is 2. The summed E-state index contributed by atoms with van der Waals surface area (Å²) in [4.78, 5) is 0. The van der Waals surface area contributed by atoms with Gasteiger partial charge in [0.2, 0.25) is 0 Å². The lowest BCUT2D eigenvalue weighted by molar-refractivity contribution is 0.323. The van der Waals surface area contributed by atoms with E-state index in [1.165, 1.54) is 0 Å². The standard InChI is InChI=1S/2C2H5BrO/c2*3-1-2-4/h2*4H,1-2H2. The summed E-state index contributed by atoms with van der Waals surface area (Å²) in [6, 6.07) is 0. The normalized spacial score (nSPS) is 7.50. The third-order valence-corrected chi connectivity index (χ3v) is 0.878. The maximum absolute atomic E-state index is 7.83. The van der Waals surface area contributed by atoms with Crippen LogP contribution >= 0.6 is 31.9 Å². The predicted molar refractivity (Wildman–Crippen MR) is 41.8 cm³/mol. The highest BCUT2D eigenvalue weighted by Crippen LogP contribution is 1.70. The molecule has 0 rings (SSSR count). The van der Waals surface area contributed by atoms with Crippen molar-refractivity contribution in [2.45, 2.75) is 0 Å². The van der Waals surface area contributed by atoms with Gasteiger partial charge in [-0.3, -0.25) is 0 Å². The zero-order chi connectivity index (χ0) is 6.83. The van der Waals surface area contributed by atoms with Crippen LogP contribution in [-0.4, -0.2) is 34.1 Å². The van der Waals surface area contributed by atoms with E-state index < -0.39 is 0 Å². The molecule has 0 aromatic rings. The van der Waals surface area contributed by atoms with Gasteiger partial charge in [0.15, 0.2) is 0 Å². The quantitative estimate of drug-likeness (QED) is 0.710. The molecule has 2 N–H and O–H groups in total. The first-order chi connectivity index (χ1) is 3.83. The third-order valence-electron chi connectivity index (χ3n) is 0.169. The van der Waals surface area contributed by atoms with Gasteiger partial charge in [0.25, 0.3) is 0 Å². The Morgan fingerprint density at radius 3 is 1.00 bits per heavy atom. The van der Waals surface area contributed by atoms with E-state index in [2.05, 4.69) is 31.9 Å². The van der Waals surface area contributed by atoms with Crippen molar-refractivity contribution in [2.24, 2.45) is 0 Å². The van der Waals surface area contributed by atoms with Gasteiger partial charge in [-0.05, 0) is 0 Å². The highest BCUT2D eigenvalue weighted by atomic mass is 79.9. The summed E-state index contributed by atoms with van der Waals surface area (Å²) in [5.41, 5.74) is 0. The van der Waals surface area contributed by atoms with E-state index in [9.17, 15) is 0 Å². The Labute approximate surface area is 66.2 Å². The zero-order valence-electron chi connectivity index (χ0n) is 4.48. The van der Waals surface area contributed by atoms with Crippen LogP contribution in [0.3, 0.4) is 0 Å². The molecule has 2 nitrogen and oxygen atoms in total. The van der Waals surface area contributed by atoms with Gasteiger partial charge in [-0.1, -0.05) is 31.9 Å². The van der Waals surface area contributed by atoms with Crippen molar-refractivity contribution in [1.29, 1.82) is 0 Å². The van der Waals surface area contributed by atoms with Crippen molar-refractivity contribution >= 4 is 31.9 Å². The van der Waals surface area contributed by atoms with Crippen LogP contribution < -0.4 is 0 Å². The Balaban J connectivity index is 0. The Bertz CT molecular complexity index is 20.0. The fraction of sp³-hybridized carbons (Fsp3) is 1.00. The molecule has 0 unspecified atom stereocenters. The van der Waals surface area contributed by atoms with E-state index in [0.29, 0.717) is 10.7 Å². The second-order valence-corrected chi connectivity index (χ2v) is 2.41. The Kier molecular flexibility index (Phi) is 22.8. The van der Waals surface area contributed by atoms with Crippen LogP contribution in [0.4, 0.5) is 0 Å². The van der Waals surface area contributed by atoms with Gasteiger partial charge in [0, 0.05) is 10.7 Å². The summed E-state index contributed by atoms with van der Waals surface area (Å²) < 4.78 is 0. The third kappa shape index (κ3) is 28.7. The molecule has 0 saturated carbocycles. The molecule has 0 spiro atoms. The number of hydrogen-bond acceptors (Lipinski definition) is 2. The smallest absolute Gasteiger partial charge is 0.0528 e. The number of halogens is 2. The minimum atomic E-state index is 0.236. The van der Waals surface area contributed by atoms with Gasteiger partial charge in [-0.2, -0.15) is 0 Å². The molecule has 0 amide bonds. The molecule has 0 saturated heterocycles. The molecule has 52 valence electrons. The minimum absolute atomic E-state index is 0.236. The monoisotopic (exact) mass is 248 g/mol. The van der Waals surface area contributed by atoms with Crippen LogP contribution in [0.15, 0.2) is 0 Å². The first-order valence-electron chi connectivity index (χ1n) is 2.17. The van der Waals surface area contributed by atoms with E-state index in [-0.39, 0.29) is 13.2 Å². The second-order valence-electron chi connectivity index (χ2n) is 0.825. The van der Waals surface area contributed by atoms with Crippen molar-refractivity contribution in [2.75, 3.05) is 23.9 Å². The lowest BCUT2D eigenvalue weighted by atomic mass is 10.9. The maximum atomic E-state index is 7.83. The molecular formula is C4H10Br2O2. The first kappa shape index (κ1) is 11.6. The summed E-state index contributed by atoms with van der Waals surface area (Å²) in [6.07, 6.45) is 0. The van der Waals surface area contributed by atoms with Crippen molar-refractivity contribution in [3.8, 4) is 0 Å². The number of alkyl halides is 2. The Morgan fingerprint density at radius 1 is 0.875 bits per heavy atom. The fourth-order valence-corrected chi connectivity index (χ4v) is 0. The van der Waals surface area contributed by atoms with Gasteiger partial charge in [-0.15, -0.1) is 0 Å². The van der Waals surface area contributed by atoms with Gasteiger partial charge in [0.1, 0.15) is 0 Å². The van der Waals surface area contributed by atoms with Crippen LogP contribution in [0, 0.1) is 0 Å². The highest BCUT2D eigenvalue weighted by molar-refractivity contribution is 9.09. The van der Waals surface area contributed by atoms with E-state index in [0.717, 1.165) is 0 Å². The molecule has 4 heteroatoms. The van der Waals surface area contributed by atoms with E-state index in [1.54, 1.807) is 0 Å². The molecule has 0 aliphatic rings. The minimum Gasteiger partial charge on any atom is -0.396 e. The maximum Gasteiger partial charge on any atom is 0.0528 e. The van der Waals surface area contributed by atoms with Crippen molar-refractivity contribution in [3.05, 3.63) is 0 Å². The molecule has 8 heavy (non-hydrogen) atoms. The van der Waals surface area contributed by atoms with E-state index >= 15 is 0 Å². The molecule has 0 aromatic carbocycles. The average Bonchev–Trinajstić information content (AvgIpc) is 1.88. The van der Waals surface area contributed by atoms with Gasteiger partial charge in [0.05, 0.1) is 13.2 Å². The molecule has 0 fully saturated rings. The largest absolute Gasteiger partial charge is 0.396 e. The molecule has 0 radical (unpaired) electrons. The fourth-order valence-electron chi connectivity index (χ4n) is 0. The molecule has 0 aliphatic heterocycles. The molecule has 0 aliphatic carbocycles. The molecule has 0 atom stereocenters. The number of rotatable bonds is 2. The average molecular weight is 250 g/mol. The van der Waals surface area contributed by atoms with Crippen molar-refractivity contribution in [1.82, 2.24) is 0 Å². The summed E-state index contributed by atoms with van der Waals surface area (Å²) >= 11 is 6.00. The van der Waals surface area contributed by atoms with Gasteiger partial charge in [-0.25, -0.2) is 0 Å². The number of hydrogen-bond donors (Lipinski definition) is 2. The number of aliphatic hydroxyl groups excluding tert-OH is 2. The summed E-state index contributed by atoms with van der Waals surface area (Å²) in [7, 11) is 0. The highest BCUT2D eigenvalue weighted by Gasteiger charge is 1.59. The zero-order valence-corrected chi connectivity index (χ0v) is 7.65. The lowest BCUT2D eigenvalue weighted by Crippen LogP contribution is -1.75. The summed E-state index contributed by atoms with van der Waals surface area (Å²) in [6.45, 7) is 0.472. The van der Waals surface area contributed by atoms with Gasteiger partial charge >= 0.3 is 0 Å². The second kappa shape index (κ2) is 15.7. The van der Waals surface area contributed by atoms with Crippen molar-refractivity contribution < 1.29 is 10.2 Å². The van der Waals surface area contributed by atoms with Crippen LogP contribution in [0.5, 0.6) is 0 Å². The Morgan fingerprint density at radius 2 is 1.00 bits per heavy atom. The van der Waals surface area contributed by atoms with Gasteiger partial charge < -0.3 is 10.2 Å². The molecular weight excluding hydrogens is 240 g/mol. The van der Waals surface area contributed by atoms with Crippen LogP contribution in [0.25, 0.3) is 0 Å². The van der Waals surface area contributed by atoms with Crippen molar-refractivity contribution in [3.63, 3.8) is 0 Å². The molecule has 0 heterocycles.